The Morgan fingerprint density at radius 1 is 1.62 bits per heavy atom. The lowest BCUT2D eigenvalue weighted by Crippen LogP contribution is -2.34. The number of urea groups is 1. The molecule has 0 saturated heterocycles. The first-order chi connectivity index (χ1) is 6.08. The molecule has 0 bridgehead atoms. The molecule has 5 nitrogen and oxygen atoms in total. The van der Waals surface area contributed by atoms with Gasteiger partial charge in [0.15, 0.2) is 5.82 Å². The van der Waals surface area contributed by atoms with E-state index in [4.69, 9.17) is 4.52 Å². The molecule has 0 fully saturated rings. The molecule has 0 radical (unpaired) electrons. The van der Waals surface area contributed by atoms with Crippen LogP contribution in [0, 0.1) is 6.92 Å². The van der Waals surface area contributed by atoms with Crippen molar-refractivity contribution in [1.29, 1.82) is 0 Å². The molecule has 0 aliphatic rings. The molecular weight excluding hydrogens is 170 g/mol. The molecule has 1 rings (SSSR count). The summed E-state index contributed by atoms with van der Waals surface area (Å²) >= 11 is 0. The number of nitrogens with zero attached hydrogens (tertiary/aromatic N) is 1. The van der Waals surface area contributed by atoms with Gasteiger partial charge in [0, 0.05) is 12.1 Å². The number of hydrogen-bond donors (Lipinski definition) is 2. The predicted octanol–water partition coefficient (Wildman–Crippen LogP) is 1.51. The van der Waals surface area contributed by atoms with Crippen molar-refractivity contribution >= 4 is 11.8 Å². The summed E-state index contributed by atoms with van der Waals surface area (Å²) in [6.45, 7) is 5.53. The van der Waals surface area contributed by atoms with Crippen LogP contribution in [0.2, 0.25) is 0 Å². The van der Waals surface area contributed by atoms with Gasteiger partial charge in [0.05, 0.1) is 0 Å². The molecule has 1 heterocycles. The highest BCUT2D eigenvalue weighted by atomic mass is 16.5. The van der Waals surface area contributed by atoms with Crippen LogP contribution >= 0.6 is 0 Å². The second-order valence-electron chi connectivity index (χ2n) is 3.08. The molecule has 2 amide bonds. The molecule has 0 aliphatic carbocycles. The average Bonchev–Trinajstić information content (AvgIpc) is 2.33. The molecule has 0 unspecified atom stereocenters. The fourth-order valence-electron chi connectivity index (χ4n) is 0.840. The number of nitrogens with one attached hydrogen (secondary N) is 2. The Kier molecular flexibility index (Phi) is 2.89. The zero-order valence-electron chi connectivity index (χ0n) is 7.92. The molecule has 0 aliphatic heterocycles. The van der Waals surface area contributed by atoms with Gasteiger partial charge in [-0.25, -0.2) is 4.79 Å². The fourth-order valence-corrected chi connectivity index (χ4v) is 0.840. The predicted molar refractivity (Wildman–Crippen MR) is 48.5 cm³/mol. The van der Waals surface area contributed by atoms with E-state index in [1.54, 1.807) is 13.0 Å². The van der Waals surface area contributed by atoms with Crippen molar-refractivity contribution in [3.63, 3.8) is 0 Å². The minimum absolute atomic E-state index is 0.105. The first kappa shape index (κ1) is 9.57. The number of aromatic nitrogens is 1. The zero-order valence-corrected chi connectivity index (χ0v) is 7.92. The van der Waals surface area contributed by atoms with Crippen molar-refractivity contribution in [2.45, 2.75) is 26.8 Å². The van der Waals surface area contributed by atoms with Crippen LogP contribution in [0.25, 0.3) is 0 Å². The maximum atomic E-state index is 11.1. The second-order valence-corrected chi connectivity index (χ2v) is 3.08. The van der Waals surface area contributed by atoms with E-state index in [0.717, 1.165) is 0 Å². The van der Waals surface area contributed by atoms with Crippen LogP contribution in [-0.4, -0.2) is 17.2 Å². The highest BCUT2D eigenvalue weighted by Crippen LogP contribution is 2.06. The highest BCUT2D eigenvalue weighted by molar-refractivity contribution is 5.88. The maximum Gasteiger partial charge on any atom is 0.320 e. The summed E-state index contributed by atoms with van der Waals surface area (Å²) in [5, 5.41) is 8.82. The lowest BCUT2D eigenvalue weighted by atomic mass is 10.4. The smallest absolute Gasteiger partial charge is 0.320 e. The summed E-state index contributed by atoms with van der Waals surface area (Å²) < 4.78 is 4.78. The Hall–Kier alpha value is -1.52. The number of hydrogen-bond acceptors (Lipinski definition) is 3. The number of carbonyl (C=O) groups excluding carboxylic acids is 1. The van der Waals surface area contributed by atoms with Crippen molar-refractivity contribution < 1.29 is 9.32 Å². The van der Waals surface area contributed by atoms with Gasteiger partial charge >= 0.3 is 6.03 Å². The van der Waals surface area contributed by atoms with E-state index >= 15 is 0 Å². The largest absolute Gasteiger partial charge is 0.360 e. The Morgan fingerprint density at radius 3 is 2.77 bits per heavy atom. The van der Waals surface area contributed by atoms with Crippen LogP contribution in [0.5, 0.6) is 0 Å². The molecule has 0 aromatic carbocycles. The topological polar surface area (TPSA) is 67.2 Å². The summed E-state index contributed by atoms with van der Waals surface area (Å²) in [6.07, 6.45) is 0. The summed E-state index contributed by atoms with van der Waals surface area (Å²) in [5.41, 5.74) is 0. The van der Waals surface area contributed by atoms with Gasteiger partial charge in [0.1, 0.15) is 5.76 Å². The van der Waals surface area contributed by atoms with Gasteiger partial charge in [0.25, 0.3) is 0 Å². The molecule has 1 aromatic rings. The summed E-state index contributed by atoms with van der Waals surface area (Å²) in [6, 6.07) is 1.48. The first-order valence-corrected chi connectivity index (χ1v) is 4.09. The van der Waals surface area contributed by atoms with E-state index in [1.165, 1.54) is 0 Å². The van der Waals surface area contributed by atoms with Crippen molar-refractivity contribution in [1.82, 2.24) is 10.5 Å². The van der Waals surface area contributed by atoms with E-state index in [1.807, 2.05) is 13.8 Å². The minimum Gasteiger partial charge on any atom is -0.360 e. The van der Waals surface area contributed by atoms with Gasteiger partial charge < -0.3 is 9.84 Å². The normalized spacial score (nSPS) is 10.2. The van der Waals surface area contributed by atoms with Gasteiger partial charge in [0.2, 0.25) is 0 Å². The van der Waals surface area contributed by atoms with E-state index in [9.17, 15) is 4.79 Å². The highest BCUT2D eigenvalue weighted by Gasteiger charge is 2.05. The Labute approximate surface area is 76.5 Å². The SMILES string of the molecule is Cc1cc(NC(=O)NC(C)C)no1. The number of anilines is 1. The summed E-state index contributed by atoms with van der Waals surface area (Å²) in [7, 11) is 0. The van der Waals surface area contributed by atoms with Gasteiger partial charge in [-0.2, -0.15) is 0 Å². The molecule has 0 spiro atoms. The van der Waals surface area contributed by atoms with Crippen LogP contribution in [0.1, 0.15) is 19.6 Å². The molecular formula is C8H13N3O2. The number of amides is 2. The van der Waals surface area contributed by atoms with Gasteiger partial charge in [-0.05, 0) is 20.8 Å². The Bertz CT molecular complexity index is 293. The molecule has 13 heavy (non-hydrogen) atoms. The first-order valence-electron chi connectivity index (χ1n) is 4.09. The van der Waals surface area contributed by atoms with E-state index in [2.05, 4.69) is 15.8 Å². The van der Waals surface area contributed by atoms with Crippen LogP contribution in [-0.2, 0) is 0 Å². The minimum atomic E-state index is -0.275. The van der Waals surface area contributed by atoms with Crippen molar-refractivity contribution in [3.05, 3.63) is 11.8 Å². The second kappa shape index (κ2) is 3.93. The van der Waals surface area contributed by atoms with E-state index in [0.29, 0.717) is 11.6 Å². The third-order valence-corrected chi connectivity index (χ3v) is 1.29. The molecule has 0 saturated carbocycles. The van der Waals surface area contributed by atoms with E-state index < -0.39 is 0 Å². The lowest BCUT2D eigenvalue weighted by Gasteiger charge is -2.07. The molecule has 0 atom stereocenters. The third kappa shape index (κ3) is 3.14. The monoisotopic (exact) mass is 183 g/mol. The van der Waals surface area contributed by atoms with Crippen LogP contribution in [0.4, 0.5) is 10.6 Å². The molecule has 72 valence electrons. The van der Waals surface area contributed by atoms with Crippen LogP contribution in [0.3, 0.4) is 0 Å². The zero-order chi connectivity index (χ0) is 9.84. The average molecular weight is 183 g/mol. The van der Waals surface area contributed by atoms with Gasteiger partial charge in [-0.15, -0.1) is 0 Å². The third-order valence-electron chi connectivity index (χ3n) is 1.29. The molecule has 5 heteroatoms. The summed E-state index contributed by atoms with van der Waals surface area (Å²) in [4.78, 5) is 11.1. The number of carbonyl (C=O) groups is 1. The fraction of sp³-hybridized carbons (Fsp3) is 0.500. The van der Waals surface area contributed by atoms with Gasteiger partial charge in [-0.3, -0.25) is 5.32 Å². The Morgan fingerprint density at radius 2 is 2.31 bits per heavy atom. The summed E-state index contributed by atoms with van der Waals surface area (Å²) in [5.74, 6) is 1.09. The van der Waals surface area contributed by atoms with Gasteiger partial charge in [-0.1, -0.05) is 5.16 Å². The maximum absolute atomic E-state index is 11.1. The van der Waals surface area contributed by atoms with Crippen LogP contribution in [0.15, 0.2) is 10.6 Å². The van der Waals surface area contributed by atoms with Crippen molar-refractivity contribution in [2.24, 2.45) is 0 Å². The van der Waals surface area contributed by atoms with E-state index in [-0.39, 0.29) is 12.1 Å². The lowest BCUT2D eigenvalue weighted by molar-refractivity contribution is 0.249. The number of rotatable bonds is 2. The number of aryl methyl sites for hydroxylation is 1. The Balaban J connectivity index is 2.45. The quantitative estimate of drug-likeness (QED) is 0.730. The van der Waals surface area contributed by atoms with Crippen molar-refractivity contribution in [2.75, 3.05) is 5.32 Å². The molecule has 2 N–H and O–H groups in total. The van der Waals surface area contributed by atoms with Crippen molar-refractivity contribution in [3.8, 4) is 0 Å². The standard InChI is InChI=1S/C8H13N3O2/c1-5(2)9-8(12)10-7-4-6(3)13-11-7/h4-5H,1-3H3,(H2,9,10,11,12). The molecule has 1 aromatic heterocycles. The van der Waals surface area contributed by atoms with Crippen LogP contribution < -0.4 is 10.6 Å².